The maximum Gasteiger partial charge on any atom is 0.339 e. The Kier molecular flexibility index (Phi) is 6.53. The highest BCUT2D eigenvalue weighted by molar-refractivity contribution is 6.43. The van der Waals surface area contributed by atoms with E-state index in [1.165, 1.54) is 26.2 Å². The predicted molar refractivity (Wildman–Crippen MR) is 98.0 cm³/mol. The average molecular weight is 403 g/mol. The largest absolute Gasteiger partial charge is 0.479 e. The quantitative estimate of drug-likeness (QED) is 0.574. The van der Waals surface area contributed by atoms with Gasteiger partial charge in [-0.1, -0.05) is 46.9 Å². The van der Waals surface area contributed by atoms with E-state index >= 15 is 0 Å². The highest BCUT2D eigenvalue weighted by atomic mass is 35.5. The van der Waals surface area contributed by atoms with Crippen molar-refractivity contribution in [3.05, 3.63) is 57.0 Å². The smallest absolute Gasteiger partial charge is 0.339 e. The number of carbonyl (C=O) groups excluding carboxylic acids is 2. The van der Waals surface area contributed by atoms with Gasteiger partial charge in [0.25, 0.3) is 5.91 Å². The number of para-hydroxylation sites is 1. The van der Waals surface area contributed by atoms with Crippen LogP contribution in [0.5, 0.6) is 5.75 Å². The minimum atomic E-state index is -0.902. The molecule has 1 atom stereocenters. The summed E-state index contributed by atoms with van der Waals surface area (Å²) in [6, 6.07) is 9.34. The molecule has 2 aromatic carbocycles. The lowest BCUT2D eigenvalue weighted by Crippen LogP contribution is -2.30. The molecular weight excluding hydrogens is 389 g/mol. The molecule has 0 aliphatic carbocycles. The van der Waals surface area contributed by atoms with Crippen LogP contribution in [0.15, 0.2) is 36.4 Å². The van der Waals surface area contributed by atoms with E-state index in [0.29, 0.717) is 5.69 Å². The Bertz CT molecular complexity index is 810. The number of esters is 1. The van der Waals surface area contributed by atoms with Crippen LogP contribution in [-0.4, -0.2) is 25.1 Å². The first-order chi connectivity index (χ1) is 11.8. The number of carbonyl (C=O) groups is 2. The van der Waals surface area contributed by atoms with Crippen molar-refractivity contribution in [2.24, 2.45) is 0 Å². The minimum Gasteiger partial charge on any atom is -0.479 e. The second-order valence-electron chi connectivity index (χ2n) is 4.98. The Balaban J connectivity index is 2.14. The van der Waals surface area contributed by atoms with Crippen LogP contribution in [0.3, 0.4) is 0 Å². The van der Waals surface area contributed by atoms with Crippen molar-refractivity contribution in [3.63, 3.8) is 0 Å². The number of methoxy groups -OCH3 is 1. The Morgan fingerprint density at radius 1 is 1.04 bits per heavy atom. The van der Waals surface area contributed by atoms with Crippen LogP contribution in [0, 0.1) is 0 Å². The highest BCUT2D eigenvalue weighted by Gasteiger charge is 2.20. The first kappa shape index (κ1) is 19.4. The second kappa shape index (κ2) is 8.43. The summed E-state index contributed by atoms with van der Waals surface area (Å²) in [6.45, 7) is 1.54. The van der Waals surface area contributed by atoms with Gasteiger partial charge in [-0.3, -0.25) is 4.79 Å². The molecule has 0 fully saturated rings. The van der Waals surface area contributed by atoms with E-state index in [4.69, 9.17) is 39.5 Å². The van der Waals surface area contributed by atoms with Crippen molar-refractivity contribution in [3.8, 4) is 5.75 Å². The van der Waals surface area contributed by atoms with Crippen LogP contribution in [0.1, 0.15) is 17.3 Å². The van der Waals surface area contributed by atoms with Gasteiger partial charge in [-0.25, -0.2) is 4.79 Å². The zero-order valence-electron chi connectivity index (χ0n) is 13.3. The third kappa shape index (κ3) is 4.78. The summed E-state index contributed by atoms with van der Waals surface area (Å²) in [5.41, 5.74) is 0.549. The van der Waals surface area contributed by atoms with Crippen molar-refractivity contribution in [2.45, 2.75) is 13.0 Å². The summed E-state index contributed by atoms with van der Waals surface area (Å²) in [7, 11) is 1.26. The van der Waals surface area contributed by atoms with E-state index in [1.807, 2.05) is 0 Å². The molecule has 0 saturated carbocycles. The molecule has 5 nitrogen and oxygen atoms in total. The maximum absolute atomic E-state index is 12.4. The number of nitrogens with one attached hydrogen (secondary N) is 1. The second-order valence-corrected chi connectivity index (χ2v) is 6.20. The molecule has 1 unspecified atom stereocenters. The van der Waals surface area contributed by atoms with Crippen LogP contribution < -0.4 is 10.1 Å². The number of hydrogen-bond acceptors (Lipinski definition) is 4. The Hall–Kier alpha value is -1.95. The summed E-state index contributed by atoms with van der Waals surface area (Å²) < 4.78 is 10.2. The summed E-state index contributed by atoms with van der Waals surface area (Å²) in [6.07, 6.45) is -0.902. The molecule has 0 aliphatic heterocycles. The van der Waals surface area contributed by atoms with Gasteiger partial charge in [0, 0.05) is 6.07 Å². The van der Waals surface area contributed by atoms with Gasteiger partial charge in [0.05, 0.1) is 33.4 Å². The molecule has 0 heterocycles. The zero-order chi connectivity index (χ0) is 18.6. The van der Waals surface area contributed by atoms with Gasteiger partial charge in [-0.15, -0.1) is 0 Å². The normalized spacial score (nSPS) is 11.6. The lowest BCUT2D eigenvalue weighted by molar-refractivity contribution is -0.122. The van der Waals surface area contributed by atoms with Gasteiger partial charge in [-0.05, 0) is 25.1 Å². The lowest BCUT2D eigenvalue weighted by Gasteiger charge is -2.17. The van der Waals surface area contributed by atoms with E-state index in [-0.39, 0.29) is 26.4 Å². The molecule has 0 aromatic heterocycles. The molecule has 0 radical (unpaired) electrons. The first-order valence-electron chi connectivity index (χ1n) is 7.13. The molecule has 132 valence electrons. The monoisotopic (exact) mass is 401 g/mol. The summed E-state index contributed by atoms with van der Waals surface area (Å²) >= 11 is 17.8. The summed E-state index contributed by atoms with van der Waals surface area (Å²) in [4.78, 5) is 24.1. The van der Waals surface area contributed by atoms with Gasteiger partial charge in [-0.2, -0.15) is 0 Å². The number of ether oxygens (including phenoxy) is 2. The van der Waals surface area contributed by atoms with Crippen LogP contribution in [0.4, 0.5) is 5.69 Å². The highest BCUT2D eigenvalue weighted by Crippen LogP contribution is 2.34. The van der Waals surface area contributed by atoms with E-state index < -0.39 is 18.0 Å². The molecule has 2 aromatic rings. The van der Waals surface area contributed by atoms with E-state index in [1.54, 1.807) is 24.3 Å². The summed E-state index contributed by atoms with van der Waals surface area (Å²) in [5.74, 6) is -0.810. The van der Waals surface area contributed by atoms with Crippen LogP contribution in [-0.2, 0) is 9.53 Å². The number of halogens is 3. The van der Waals surface area contributed by atoms with E-state index in [0.717, 1.165) is 0 Å². The number of anilines is 1. The number of hydrogen-bond donors (Lipinski definition) is 1. The average Bonchev–Trinajstić information content (AvgIpc) is 2.59. The molecule has 0 spiro atoms. The SMILES string of the molecule is COC(=O)c1ccccc1NC(=O)C(C)Oc1cc(Cl)c(Cl)cc1Cl. The number of rotatable bonds is 5. The van der Waals surface area contributed by atoms with Crippen molar-refractivity contribution < 1.29 is 19.1 Å². The van der Waals surface area contributed by atoms with Crippen LogP contribution >= 0.6 is 34.8 Å². The topological polar surface area (TPSA) is 64.6 Å². The Morgan fingerprint density at radius 3 is 2.36 bits per heavy atom. The fraction of sp³-hybridized carbons (Fsp3) is 0.176. The molecule has 0 aliphatic rings. The van der Waals surface area contributed by atoms with Gasteiger partial charge >= 0.3 is 5.97 Å². The zero-order valence-corrected chi connectivity index (χ0v) is 15.6. The summed E-state index contributed by atoms with van der Waals surface area (Å²) in [5, 5.41) is 3.39. The molecule has 8 heteroatoms. The third-order valence-electron chi connectivity index (χ3n) is 3.24. The molecule has 1 amide bonds. The predicted octanol–water partition coefficient (Wildman–Crippen LogP) is 4.84. The van der Waals surface area contributed by atoms with Crippen molar-refractivity contribution in [2.75, 3.05) is 12.4 Å². The van der Waals surface area contributed by atoms with Gasteiger partial charge < -0.3 is 14.8 Å². The lowest BCUT2D eigenvalue weighted by atomic mass is 10.1. The molecule has 25 heavy (non-hydrogen) atoms. The molecule has 0 bridgehead atoms. The van der Waals surface area contributed by atoms with E-state index in [9.17, 15) is 9.59 Å². The molecular formula is C17H14Cl3NO4. The first-order valence-corrected chi connectivity index (χ1v) is 8.26. The van der Waals surface area contributed by atoms with Gasteiger partial charge in [0.2, 0.25) is 0 Å². The van der Waals surface area contributed by atoms with Gasteiger partial charge in [0.1, 0.15) is 5.75 Å². The van der Waals surface area contributed by atoms with Gasteiger partial charge in [0.15, 0.2) is 6.10 Å². The van der Waals surface area contributed by atoms with E-state index in [2.05, 4.69) is 10.1 Å². The third-order valence-corrected chi connectivity index (χ3v) is 4.26. The molecule has 2 rings (SSSR count). The molecule has 1 N–H and O–H groups in total. The molecule has 0 saturated heterocycles. The van der Waals surface area contributed by atoms with Crippen molar-refractivity contribution in [1.82, 2.24) is 0 Å². The van der Waals surface area contributed by atoms with Crippen LogP contribution in [0.2, 0.25) is 15.1 Å². The number of amides is 1. The van der Waals surface area contributed by atoms with Crippen molar-refractivity contribution >= 4 is 52.4 Å². The van der Waals surface area contributed by atoms with Crippen LogP contribution in [0.25, 0.3) is 0 Å². The van der Waals surface area contributed by atoms with Crippen molar-refractivity contribution in [1.29, 1.82) is 0 Å². The standard InChI is InChI=1S/C17H14Cl3NO4/c1-9(25-15-8-12(19)11(18)7-13(15)20)16(22)21-14-6-4-3-5-10(14)17(23)24-2/h3-9H,1-2H3,(H,21,22). The number of benzene rings is 2. The fourth-order valence-electron chi connectivity index (χ4n) is 1.95. The Labute approximate surface area is 159 Å². The minimum absolute atomic E-state index is 0.222. The fourth-order valence-corrected chi connectivity index (χ4v) is 2.53. The maximum atomic E-state index is 12.4. The Morgan fingerprint density at radius 2 is 1.68 bits per heavy atom.